The molecule has 110 valence electrons. The SMILES string of the molecule is COc1ccc(Cl)c(N2CC(S(=O)(=O)Cl)CC2=O)c1F. The minimum Gasteiger partial charge on any atom is -0.494 e. The lowest BCUT2D eigenvalue weighted by atomic mass is 10.2. The second kappa shape index (κ2) is 5.38. The summed E-state index contributed by atoms with van der Waals surface area (Å²) in [5, 5.41) is -1.09. The molecule has 1 amide bonds. The molecule has 1 aromatic rings. The summed E-state index contributed by atoms with van der Waals surface area (Å²) in [5.74, 6) is -1.47. The number of ether oxygens (including phenoxy) is 1. The number of nitrogens with zero attached hydrogens (tertiary/aromatic N) is 1. The Bertz CT molecular complexity index is 665. The average molecular weight is 342 g/mol. The zero-order valence-corrected chi connectivity index (χ0v) is 12.6. The Kier molecular flexibility index (Phi) is 4.13. The number of amides is 1. The van der Waals surface area contributed by atoms with Crippen molar-refractivity contribution in [3.63, 3.8) is 0 Å². The summed E-state index contributed by atoms with van der Waals surface area (Å²) in [6.45, 7) is -0.242. The molecule has 20 heavy (non-hydrogen) atoms. The number of hydrogen-bond donors (Lipinski definition) is 0. The van der Waals surface area contributed by atoms with E-state index >= 15 is 0 Å². The zero-order valence-electron chi connectivity index (χ0n) is 10.3. The smallest absolute Gasteiger partial charge is 0.237 e. The molecule has 2 rings (SSSR count). The topological polar surface area (TPSA) is 63.7 Å². The number of hydrogen-bond acceptors (Lipinski definition) is 4. The largest absolute Gasteiger partial charge is 0.494 e. The lowest BCUT2D eigenvalue weighted by Gasteiger charge is -2.19. The first-order chi connectivity index (χ1) is 9.25. The van der Waals surface area contributed by atoms with Gasteiger partial charge in [0, 0.05) is 23.6 Å². The first kappa shape index (κ1) is 15.3. The van der Waals surface area contributed by atoms with Crippen molar-refractivity contribution in [1.82, 2.24) is 0 Å². The fourth-order valence-electron chi connectivity index (χ4n) is 2.01. The van der Waals surface area contributed by atoms with E-state index in [0.717, 1.165) is 4.90 Å². The molecule has 1 atom stereocenters. The molecule has 0 aliphatic carbocycles. The van der Waals surface area contributed by atoms with Crippen LogP contribution in [0.1, 0.15) is 6.42 Å². The number of methoxy groups -OCH3 is 1. The summed E-state index contributed by atoms with van der Waals surface area (Å²) in [5.41, 5.74) is -0.196. The van der Waals surface area contributed by atoms with E-state index in [9.17, 15) is 17.6 Å². The minimum atomic E-state index is -3.90. The van der Waals surface area contributed by atoms with Crippen LogP contribution in [0.3, 0.4) is 0 Å². The van der Waals surface area contributed by atoms with Crippen molar-refractivity contribution < 1.29 is 22.3 Å². The Labute approximate surface area is 124 Å². The summed E-state index contributed by atoms with van der Waals surface area (Å²) in [4.78, 5) is 12.8. The van der Waals surface area contributed by atoms with E-state index in [4.69, 9.17) is 27.0 Å². The summed E-state index contributed by atoms with van der Waals surface area (Å²) in [6.07, 6.45) is -0.307. The van der Waals surface area contributed by atoms with E-state index in [0.29, 0.717) is 0 Å². The molecule has 1 heterocycles. The van der Waals surface area contributed by atoms with Crippen LogP contribution in [0, 0.1) is 5.82 Å². The van der Waals surface area contributed by atoms with Gasteiger partial charge in [0.25, 0.3) is 0 Å². The van der Waals surface area contributed by atoms with Crippen LogP contribution >= 0.6 is 22.3 Å². The van der Waals surface area contributed by atoms with E-state index in [1.807, 2.05) is 0 Å². The van der Waals surface area contributed by atoms with Crippen LogP contribution in [0.2, 0.25) is 5.02 Å². The maximum atomic E-state index is 14.2. The summed E-state index contributed by atoms with van der Waals surface area (Å²) in [6, 6.07) is 2.69. The standard InChI is InChI=1S/C11H10Cl2FNO4S/c1-19-8-3-2-7(12)11(10(8)14)15-5-6(4-9(15)16)20(13,17)18/h2-3,6H,4-5H2,1H3. The lowest BCUT2D eigenvalue weighted by Crippen LogP contribution is -2.28. The molecule has 0 bridgehead atoms. The molecule has 0 saturated carbocycles. The van der Waals surface area contributed by atoms with Gasteiger partial charge in [0.15, 0.2) is 11.6 Å². The molecule has 0 spiro atoms. The summed E-state index contributed by atoms with van der Waals surface area (Å²) >= 11 is 5.89. The number of carbonyl (C=O) groups is 1. The Morgan fingerprint density at radius 3 is 2.60 bits per heavy atom. The molecule has 1 aromatic carbocycles. The molecule has 5 nitrogen and oxygen atoms in total. The third kappa shape index (κ3) is 2.70. The normalized spacial score (nSPS) is 19.5. The van der Waals surface area contributed by atoms with Gasteiger partial charge in [-0.15, -0.1) is 0 Å². The van der Waals surface area contributed by atoms with Gasteiger partial charge in [0.1, 0.15) is 10.9 Å². The Balaban J connectivity index is 2.45. The molecule has 0 radical (unpaired) electrons. The van der Waals surface area contributed by atoms with Gasteiger partial charge in [0.05, 0.1) is 12.1 Å². The van der Waals surface area contributed by atoms with Crippen LogP contribution in [0.4, 0.5) is 10.1 Å². The lowest BCUT2D eigenvalue weighted by molar-refractivity contribution is -0.117. The Morgan fingerprint density at radius 1 is 1.45 bits per heavy atom. The number of halogens is 3. The predicted molar refractivity (Wildman–Crippen MR) is 73.5 cm³/mol. The van der Waals surface area contributed by atoms with Gasteiger partial charge in [-0.1, -0.05) is 11.6 Å². The molecular weight excluding hydrogens is 332 g/mol. The van der Waals surface area contributed by atoms with Crippen LogP contribution < -0.4 is 9.64 Å². The van der Waals surface area contributed by atoms with Gasteiger partial charge in [-0.25, -0.2) is 12.8 Å². The zero-order chi connectivity index (χ0) is 15.1. The monoisotopic (exact) mass is 341 g/mol. The molecule has 1 aliphatic heterocycles. The highest BCUT2D eigenvalue weighted by Gasteiger charge is 2.40. The van der Waals surface area contributed by atoms with Crippen LogP contribution in [0.25, 0.3) is 0 Å². The molecule has 9 heteroatoms. The van der Waals surface area contributed by atoms with E-state index < -0.39 is 26.0 Å². The highest BCUT2D eigenvalue weighted by Crippen LogP contribution is 2.37. The number of benzene rings is 1. The quantitative estimate of drug-likeness (QED) is 0.790. The van der Waals surface area contributed by atoms with E-state index in [2.05, 4.69) is 0 Å². The molecule has 0 aromatic heterocycles. The van der Waals surface area contributed by atoms with Crippen molar-refractivity contribution in [2.24, 2.45) is 0 Å². The maximum Gasteiger partial charge on any atom is 0.237 e. The highest BCUT2D eigenvalue weighted by molar-refractivity contribution is 8.14. The predicted octanol–water partition coefficient (Wildman–Crippen LogP) is 2.16. The fraction of sp³-hybridized carbons (Fsp3) is 0.364. The molecule has 1 unspecified atom stereocenters. The third-order valence-electron chi connectivity index (χ3n) is 3.01. The van der Waals surface area contributed by atoms with Gasteiger partial charge in [-0.2, -0.15) is 0 Å². The van der Waals surface area contributed by atoms with Gasteiger partial charge in [-0.05, 0) is 12.1 Å². The Hall–Kier alpha value is -1.05. The summed E-state index contributed by atoms with van der Waals surface area (Å²) in [7, 11) is 2.60. The second-order valence-electron chi connectivity index (χ2n) is 4.22. The third-order valence-corrected chi connectivity index (χ3v) is 5.18. The first-order valence-corrected chi connectivity index (χ1v) is 8.26. The van der Waals surface area contributed by atoms with Crippen molar-refractivity contribution in [1.29, 1.82) is 0 Å². The van der Waals surface area contributed by atoms with Gasteiger partial charge in [0.2, 0.25) is 15.0 Å². The molecule has 1 aliphatic rings. The molecule has 1 saturated heterocycles. The average Bonchev–Trinajstić information content (AvgIpc) is 2.72. The number of anilines is 1. The van der Waals surface area contributed by atoms with E-state index in [1.165, 1.54) is 19.2 Å². The van der Waals surface area contributed by atoms with E-state index in [1.54, 1.807) is 0 Å². The minimum absolute atomic E-state index is 0.00993. The second-order valence-corrected chi connectivity index (χ2v) is 7.53. The highest BCUT2D eigenvalue weighted by atomic mass is 35.7. The van der Waals surface area contributed by atoms with Crippen molar-refractivity contribution in [2.45, 2.75) is 11.7 Å². The van der Waals surface area contributed by atoms with Crippen LogP contribution in [0.5, 0.6) is 5.75 Å². The molecule has 0 N–H and O–H groups in total. The Morgan fingerprint density at radius 2 is 2.10 bits per heavy atom. The van der Waals surface area contributed by atoms with Crippen LogP contribution in [-0.2, 0) is 13.8 Å². The van der Waals surface area contributed by atoms with Gasteiger partial charge >= 0.3 is 0 Å². The number of rotatable bonds is 3. The molecule has 1 fully saturated rings. The van der Waals surface area contributed by atoms with Crippen molar-refractivity contribution in [3.8, 4) is 5.75 Å². The van der Waals surface area contributed by atoms with Crippen LogP contribution in [0.15, 0.2) is 12.1 Å². The first-order valence-electron chi connectivity index (χ1n) is 5.51. The maximum absolute atomic E-state index is 14.2. The van der Waals surface area contributed by atoms with E-state index in [-0.39, 0.29) is 29.4 Å². The molecular formula is C11H10Cl2FNO4S. The van der Waals surface area contributed by atoms with Gasteiger partial charge in [-0.3, -0.25) is 4.79 Å². The van der Waals surface area contributed by atoms with Crippen molar-refractivity contribution in [2.75, 3.05) is 18.6 Å². The fourth-order valence-corrected chi connectivity index (χ4v) is 3.28. The van der Waals surface area contributed by atoms with Gasteiger partial charge < -0.3 is 9.64 Å². The van der Waals surface area contributed by atoms with Crippen molar-refractivity contribution in [3.05, 3.63) is 23.0 Å². The number of carbonyl (C=O) groups excluding carboxylic acids is 1. The van der Waals surface area contributed by atoms with Crippen LogP contribution in [-0.4, -0.2) is 33.2 Å². The van der Waals surface area contributed by atoms with Crippen molar-refractivity contribution >= 4 is 42.9 Å². The summed E-state index contributed by atoms with van der Waals surface area (Å²) < 4.78 is 41.6.